The lowest BCUT2D eigenvalue weighted by atomic mass is 10.1. The Hall–Kier alpha value is -1.07. The van der Waals surface area contributed by atoms with Crippen LogP contribution in [0.4, 0.5) is 5.69 Å². The molecular formula is C10H12N2O2S. The molecule has 1 atom stereocenters. The lowest BCUT2D eigenvalue weighted by molar-refractivity contribution is 0.0519. The van der Waals surface area contributed by atoms with Gasteiger partial charge in [-0.3, -0.25) is 9.78 Å². The maximum atomic E-state index is 12.0. The van der Waals surface area contributed by atoms with Gasteiger partial charge in [0.2, 0.25) is 0 Å². The molecule has 1 aromatic rings. The number of carbonyl (C=O) groups is 1. The molecule has 0 amide bonds. The van der Waals surface area contributed by atoms with E-state index in [0.717, 1.165) is 5.75 Å². The summed E-state index contributed by atoms with van der Waals surface area (Å²) in [5, 5.41) is 0. The Morgan fingerprint density at radius 1 is 1.67 bits per heavy atom. The number of ether oxygens (including phenoxy) is 1. The van der Waals surface area contributed by atoms with Gasteiger partial charge in [-0.15, -0.1) is 0 Å². The number of pyridine rings is 1. The number of rotatable bonds is 2. The van der Waals surface area contributed by atoms with Gasteiger partial charge in [-0.1, -0.05) is 0 Å². The number of Topliss-reactive ketones (excluding diaryl/α,β-unsaturated/α-hetero) is 1. The van der Waals surface area contributed by atoms with Crippen molar-refractivity contribution >= 4 is 23.2 Å². The van der Waals surface area contributed by atoms with Crippen molar-refractivity contribution in [2.75, 3.05) is 23.8 Å². The number of ketones is 1. The molecule has 0 saturated carbocycles. The molecule has 2 N–H and O–H groups in total. The molecule has 2 heterocycles. The van der Waals surface area contributed by atoms with Crippen molar-refractivity contribution < 1.29 is 9.53 Å². The third-order valence-corrected chi connectivity index (χ3v) is 3.22. The third kappa shape index (κ3) is 2.30. The highest BCUT2D eigenvalue weighted by Crippen LogP contribution is 2.19. The molecule has 0 spiro atoms. The third-order valence-electron chi connectivity index (χ3n) is 2.23. The van der Waals surface area contributed by atoms with Crippen molar-refractivity contribution in [3.63, 3.8) is 0 Å². The second kappa shape index (κ2) is 4.63. The van der Waals surface area contributed by atoms with Crippen LogP contribution in [0.1, 0.15) is 10.4 Å². The van der Waals surface area contributed by atoms with Crippen molar-refractivity contribution in [2.24, 2.45) is 0 Å². The Labute approximate surface area is 92.2 Å². The van der Waals surface area contributed by atoms with E-state index in [2.05, 4.69) is 4.98 Å². The van der Waals surface area contributed by atoms with Crippen LogP contribution >= 0.6 is 11.8 Å². The maximum Gasteiger partial charge on any atom is 0.196 e. The first-order valence-electron chi connectivity index (χ1n) is 4.72. The summed E-state index contributed by atoms with van der Waals surface area (Å²) in [6.07, 6.45) is 2.71. The first-order valence-corrected chi connectivity index (χ1v) is 5.87. The van der Waals surface area contributed by atoms with Crippen molar-refractivity contribution in [1.82, 2.24) is 4.98 Å². The molecule has 4 nitrogen and oxygen atoms in total. The first-order chi connectivity index (χ1) is 7.29. The van der Waals surface area contributed by atoms with E-state index in [9.17, 15) is 4.79 Å². The molecule has 0 radical (unpaired) electrons. The molecule has 0 aliphatic carbocycles. The zero-order valence-electron chi connectivity index (χ0n) is 8.18. The SMILES string of the molecule is Nc1ccncc1C(=O)C1CSCCO1. The van der Waals surface area contributed by atoms with E-state index in [1.54, 1.807) is 24.0 Å². The number of hydrogen-bond acceptors (Lipinski definition) is 5. The largest absolute Gasteiger partial charge is 0.398 e. The van der Waals surface area contributed by atoms with Crippen molar-refractivity contribution in [1.29, 1.82) is 0 Å². The molecule has 1 unspecified atom stereocenters. The molecule has 80 valence electrons. The lowest BCUT2D eigenvalue weighted by Crippen LogP contribution is -2.32. The van der Waals surface area contributed by atoms with E-state index in [1.165, 1.54) is 6.20 Å². The molecular weight excluding hydrogens is 212 g/mol. The summed E-state index contributed by atoms with van der Waals surface area (Å²) < 4.78 is 5.40. The van der Waals surface area contributed by atoms with Crippen LogP contribution in [-0.2, 0) is 4.74 Å². The van der Waals surface area contributed by atoms with Gasteiger partial charge in [-0.2, -0.15) is 11.8 Å². The topological polar surface area (TPSA) is 65.2 Å². The number of hydrogen-bond donors (Lipinski definition) is 1. The Bertz CT molecular complexity index is 364. The summed E-state index contributed by atoms with van der Waals surface area (Å²) in [5.41, 5.74) is 6.63. The minimum Gasteiger partial charge on any atom is -0.398 e. The summed E-state index contributed by atoms with van der Waals surface area (Å²) in [6.45, 7) is 0.626. The normalized spacial score (nSPS) is 21.2. The summed E-state index contributed by atoms with van der Waals surface area (Å²) in [7, 11) is 0. The van der Waals surface area contributed by atoms with Crippen LogP contribution in [-0.4, -0.2) is 35.0 Å². The quantitative estimate of drug-likeness (QED) is 0.758. The van der Waals surface area contributed by atoms with E-state index in [0.29, 0.717) is 23.6 Å². The maximum absolute atomic E-state index is 12.0. The number of nitrogens with zero attached hydrogens (tertiary/aromatic N) is 1. The fraction of sp³-hybridized carbons (Fsp3) is 0.400. The van der Waals surface area contributed by atoms with Gasteiger partial charge in [0.15, 0.2) is 5.78 Å². The van der Waals surface area contributed by atoms with Crippen molar-refractivity contribution in [2.45, 2.75) is 6.10 Å². The predicted molar refractivity (Wildman–Crippen MR) is 60.0 cm³/mol. The van der Waals surface area contributed by atoms with E-state index in [4.69, 9.17) is 10.5 Å². The molecule has 1 saturated heterocycles. The number of nitrogen functional groups attached to an aromatic ring is 1. The monoisotopic (exact) mass is 224 g/mol. The van der Waals surface area contributed by atoms with Gasteiger partial charge in [0.05, 0.1) is 12.2 Å². The zero-order chi connectivity index (χ0) is 10.7. The molecule has 15 heavy (non-hydrogen) atoms. The average Bonchev–Trinajstić information content (AvgIpc) is 2.30. The van der Waals surface area contributed by atoms with E-state index in [-0.39, 0.29) is 11.9 Å². The van der Waals surface area contributed by atoms with Crippen LogP contribution in [0, 0.1) is 0 Å². The molecule has 2 rings (SSSR count). The Morgan fingerprint density at radius 3 is 3.20 bits per heavy atom. The molecule has 5 heteroatoms. The first kappa shape index (κ1) is 10.4. The fourth-order valence-electron chi connectivity index (χ4n) is 1.42. The summed E-state index contributed by atoms with van der Waals surface area (Å²) in [4.78, 5) is 15.9. The number of anilines is 1. The predicted octanol–water partition coefficient (Wildman–Crippen LogP) is 0.978. The highest BCUT2D eigenvalue weighted by Gasteiger charge is 2.24. The lowest BCUT2D eigenvalue weighted by Gasteiger charge is -2.21. The number of aromatic nitrogens is 1. The van der Waals surface area contributed by atoms with Gasteiger partial charge in [-0.05, 0) is 6.07 Å². The zero-order valence-corrected chi connectivity index (χ0v) is 9.00. The number of thioether (sulfide) groups is 1. The number of carbonyl (C=O) groups excluding carboxylic acids is 1. The van der Waals surface area contributed by atoms with Gasteiger partial charge in [-0.25, -0.2) is 0 Å². The van der Waals surface area contributed by atoms with Crippen LogP contribution in [0.3, 0.4) is 0 Å². The standard InChI is InChI=1S/C10H12N2O2S/c11-8-1-2-12-5-7(8)10(13)9-6-15-4-3-14-9/h1-2,5,9H,3-4,6H2,(H2,11,12). The van der Waals surface area contributed by atoms with Gasteiger partial charge < -0.3 is 10.5 Å². The molecule has 1 aliphatic heterocycles. The highest BCUT2D eigenvalue weighted by atomic mass is 32.2. The fourth-order valence-corrected chi connectivity index (χ4v) is 2.27. The van der Waals surface area contributed by atoms with Crippen LogP contribution in [0.25, 0.3) is 0 Å². The Kier molecular flexibility index (Phi) is 3.23. The molecule has 0 aromatic carbocycles. The van der Waals surface area contributed by atoms with E-state index >= 15 is 0 Å². The van der Waals surface area contributed by atoms with E-state index < -0.39 is 0 Å². The number of nitrogens with two attached hydrogens (primary N) is 1. The smallest absolute Gasteiger partial charge is 0.196 e. The highest BCUT2D eigenvalue weighted by molar-refractivity contribution is 7.99. The van der Waals surface area contributed by atoms with Gasteiger partial charge in [0.1, 0.15) is 6.10 Å². The van der Waals surface area contributed by atoms with Gasteiger partial charge in [0, 0.05) is 29.6 Å². The summed E-state index contributed by atoms with van der Waals surface area (Å²) >= 11 is 1.72. The van der Waals surface area contributed by atoms with Crippen molar-refractivity contribution in [3.8, 4) is 0 Å². The second-order valence-corrected chi connectivity index (χ2v) is 4.41. The van der Waals surface area contributed by atoms with Crippen LogP contribution in [0.15, 0.2) is 18.5 Å². The van der Waals surface area contributed by atoms with Crippen LogP contribution in [0.2, 0.25) is 0 Å². The molecule has 1 fully saturated rings. The van der Waals surface area contributed by atoms with Crippen molar-refractivity contribution in [3.05, 3.63) is 24.0 Å². The van der Waals surface area contributed by atoms with E-state index in [1.807, 2.05) is 0 Å². The van der Waals surface area contributed by atoms with Gasteiger partial charge >= 0.3 is 0 Å². The molecule has 1 aliphatic rings. The average molecular weight is 224 g/mol. The Morgan fingerprint density at radius 2 is 2.53 bits per heavy atom. The summed E-state index contributed by atoms with van der Waals surface area (Å²) in [5.74, 6) is 1.59. The summed E-state index contributed by atoms with van der Waals surface area (Å²) in [6, 6.07) is 1.63. The molecule has 1 aromatic heterocycles. The minimum atomic E-state index is -0.366. The van der Waals surface area contributed by atoms with Gasteiger partial charge in [0.25, 0.3) is 0 Å². The van der Waals surface area contributed by atoms with Crippen LogP contribution in [0.5, 0.6) is 0 Å². The minimum absolute atomic E-state index is 0.0622. The molecule has 0 bridgehead atoms. The second-order valence-electron chi connectivity index (χ2n) is 3.26. The van der Waals surface area contributed by atoms with Crippen LogP contribution < -0.4 is 5.73 Å². The Balaban J connectivity index is 2.16.